The van der Waals surface area contributed by atoms with Crippen LogP contribution in [-0.2, 0) is 0 Å². The van der Waals surface area contributed by atoms with Gasteiger partial charge in [0, 0.05) is 37.8 Å². The third-order valence-electron chi connectivity index (χ3n) is 5.53. The first-order valence-electron chi connectivity index (χ1n) is 9.47. The van der Waals surface area contributed by atoms with Gasteiger partial charge in [-0.3, -0.25) is 9.89 Å². The van der Waals surface area contributed by atoms with Gasteiger partial charge in [0.15, 0.2) is 11.5 Å². The van der Waals surface area contributed by atoms with E-state index in [-0.39, 0.29) is 11.8 Å². The number of nitrogens with zero attached hydrogens (tertiary/aromatic N) is 7. The van der Waals surface area contributed by atoms with E-state index in [0.29, 0.717) is 18.8 Å². The van der Waals surface area contributed by atoms with Crippen LogP contribution in [-0.4, -0.2) is 67.0 Å². The van der Waals surface area contributed by atoms with Crippen molar-refractivity contribution < 1.29 is 4.79 Å². The molecule has 1 N–H and O–H groups in total. The first-order chi connectivity index (χ1) is 13.2. The number of likely N-dealkylation sites (tertiary alicyclic amines) is 1. The maximum atomic E-state index is 12.6. The Labute approximate surface area is 156 Å². The van der Waals surface area contributed by atoms with Gasteiger partial charge in [-0.1, -0.05) is 0 Å². The summed E-state index contributed by atoms with van der Waals surface area (Å²) < 4.78 is 1.88. The molecule has 3 aromatic rings. The van der Waals surface area contributed by atoms with Crippen molar-refractivity contribution in [3.8, 4) is 0 Å². The molecule has 0 spiro atoms. The molecule has 0 radical (unpaired) electrons. The molecule has 5 heterocycles. The lowest BCUT2D eigenvalue weighted by Crippen LogP contribution is -2.39. The van der Waals surface area contributed by atoms with Crippen LogP contribution in [0.15, 0.2) is 18.2 Å². The average Bonchev–Trinajstić information content (AvgIpc) is 3.26. The van der Waals surface area contributed by atoms with E-state index in [1.54, 1.807) is 6.07 Å². The van der Waals surface area contributed by atoms with Gasteiger partial charge in [0.25, 0.3) is 5.91 Å². The molecule has 140 valence electrons. The zero-order valence-corrected chi connectivity index (χ0v) is 15.3. The van der Waals surface area contributed by atoms with Gasteiger partial charge in [-0.05, 0) is 44.4 Å². The summed E-state index contributed by atoms with van der Waals surface area (Å²) in [4.78, 5) is 16.7. The third kappa shape index (κ3) is 2.83. The second-order valence-corrected chi connectivity index (χ2v) is 7.36. The van der Waals surface area contributed by atoms with Crippen LogP contribution in [0.5, 0.6) is 0 Å². The summed E-state index contributed by atoms with van der Waals surface area (Å²) >= 11 is 0. The summed E-state index contributed by atoms with van der Waals surface area (Å²) in [5.41, 5.74) is 2.16. The highest BCUT2D eigenvalue weighted by atomic mass is 16.2. The van der Waals surface area contributed by atoms with Crippen molar-refractivity contribution in [1.82, 2.24) is 34.9 Å². The summed E-state index contributed by atoms with van der Waals surface area (Å²) in [5.74, 6) is 2.12. The van der Waals surface area contributed by atoms with E-state index in [4.69, 9.17) is 5.10 Å². The number of nitrogens with one attached hydrogen (secondary N) is 1. The number of carbonyl (C=O) groups is 1. The zero-order chi connectivity index (χ0) is 18.4. The number of amides is 1. The van der Waals surface area contributed by atoms with Crippen molar-refractivity contribution in [3.05, 3.63) is 35.4 Å². The van der Waals surface area contributed by atoms with E-state index in [1.165, 1.54) is 6.42 Å². The second kappa shape index (κ2) is 6.33. The molecule has 0 aromatic carbocycles. The fourth-order valence-electron chi connectivity index (χ4n) is 3.79. The second-order valence-electron chi connectivity index (χ2n) is 7.36. The third-order valence-corrected chi connectivity index (χ3v) is 5.53. The average molecular weight is 366 g/mol. The lowest BCUT2D eigenvalue weighted by Gasteiger charge is -2.32. The Bertz CT molecular complexity index is 980. The van der Waals surface area contributed by atoms with Gasteiger partial charge < -0.3 is 9.80 Å². The summed E-state index contributed by atoms with van der Waals surface area (Å²) in [6.45, 7) is 5.40. The molecule has 3 aromatic heterocycles. The van der Waals surface area contributed by atoms with Crippen molar-refractivity contribution in [3.63, 3.8) is 0 Å². The first-order valence-corrected chi connectivity index (χ1v) is 9.47. The van der Waals surface area contributed by atoms with Crippen molar-refractivity contribution >= 4 is 17.4 Å². The number of fused-ring (bicyclic) bond motifs is 1. The molecule has 9 heteroatoms. The molecule has 2 fully saturated rings. The topological polar surface area (TPSA) is 95.3 Å². The summed E-state index contributed by atoms with van der Waals surface area (Å²) in [6.07, 6.45) is 2.92. The molecule has 2 aliphatic rings. The predicted octanol–water partition coefficient (Wildman–Crippen LogP) is 1.39. The molecule has 0 bridgehead atoms. The van der Waals surface area contributed by atoms with Crippen LogP contribution in [0.4, 0.5) is 5.82 Å². The van der Waals surface area contributed by atoms with E-state index in [2.05, 4.69) is 25.3 Å². The number of carbonyl (C=O) groups excluding carboxylic acids is 1. The quantitative estimate of drug-likeness (QED) is 0.753. The summed E-state index contributed by atoms with van der Waals surface area (Å²) in [6, 6.07) is 5.79. The van der Waals surface area contributed by atoms with Crippen molar-refractivity contribution in [2.24, 2.45) is 0 Å². The molecule has 0 saturated carbocycles. The Hall–Kier alpha value is -2.97. The standard InChI is InChI=1S/C18H22N8O/c1-12-11-14(20-19-12)18(27)25-9-5-13(6-10-25)17-22-21-15-3-4-16(23-26(15)17)24-7-2-8-24/h3-4,11,13H,2,5-10H2,1H3,(H,19,20). The van der Waals surface area contributed by atoms with Gasteiger partial charge in [0.1, 0.15) is 11.5 Å². The maximum Gasteiger partial charge on any atom is 0.274 e. The van der Waals surface area contributed by atoms with Crippen LogP contribution in [0.2, 0.25) is 0 Å². The van der Waals surface area contributed by atoms with E-state index >= 15 is 0 Å². The highest BCUT2D eigenvalue weighted by Crippen LogP contribution is 2.28. The van der Waals surface area contributed by atoms with Gasteiger partial charge in [-0.2, -0.15) is 9.61 Å². The number of aromatic amines is 1. The SMILES string of the molecule is Cc1cc(C(=O)N2CCC(c3nnc4ccc(N5CCC5)nn34)CC2)n[nH]1. The largest absolute Gasteiger partial charge is 0.355 e. The summed E-state index contributed by atoms with van der Waals surface area (Å²) in [7, 11) is 0. The van der Waals surface area contributed by atoms with Gasteiger partial charge in [0.2, 0.25) is 0 Å². The number of aryl methyl sites for hydroxylation is 1. The molecule has 0 unspecified atom stereocenters. The number of hydrogen-bond donors (Lipinski definition) is 1. The molecule has 1 amide bonds. The molecule has 0 aliphatic carbocycles. The number of anilines is 1. The number of piperidine rings is 1. The number of rotatable bonds is 3. The highest BCUT2D eigenvalue weighted by Gasteiger charge is 2.29. The van der Waals surface area contributed by atoms with E-state index in [1.807, 2.05) is 28.5 Å². The minimum absolute atomic E-state index is 0.0119. The molecular formula is C18H22N8O. The lowest BCUT2D eigenvalue weighted by atomic mass is 9.96. The first kappa shape index (κ1) is 16.2. The van der Waals surface area contributed by atoms with Crippen LogP contribution in [0, 0.1) is 6.92 Å². The predicted molar refractivity (Wildman–Crippen MR) is 98.8 cm³/mol. The molecule has 27 heavy (non-hydrogen) atoms. The maximum absolute atomic E-state index is 12.6. The fourth-order valence-corrected chi connectivity index (χ4v) is 3.79. The highest BCUT2D eigenvalue weighted by molar-refractivity contribution is 5.92. The summed E-state index contributed by atoms with van der Waals surface area (Å²) in [5, 5.41) is 20.4. The number of aromatic nitrogens is 6. The molecule has 0 atom stereocenters. The molecule has 2 aliphatic heterocycles. The van der Waals surface area contributed by atoms with E-state index in [9.17, 15) is 4.79 Å². The van der Waals surface area contributed by atoms with Gasteiger partial charge in [-0.15, -0.1) is 15.3 Å². The fraction of sp³-hybridized carbons (Fsp3) is 0.500. The van der Waals surface area contributed by atoms with Gasteiger partial charge in [0.05, 0.1) is 0 Å². The van der Waals surface area contributed by atoms with E-state index < -0.39 is 0 Å². The van der Waals surface area contributed by atoms with Crippen molar-refractivity contribution in [1.29, 1.82) is 0 Å². The van der Waals surface area contributed by atoms with Crippen molar-refractivity contribution in [2.45, 2.75) is 32.1 Å². The van der Waals surface area contributed by atoms with Crippen LogP contribution in [0.25, 0.3) is 5.65 Å². The minimum atomic E-state index is -0.0119. The lowest BCUT2D eigenvalue weighted by molar-refractivity contribution is 0.0704. The Morgan fingerprint density at radius 1 is 1.15 bits per heavy atom. The van der Waals surface area contributed by atoms with Gasteiger partial charge >= 0.3 is 0 Å². The Morgan fingerprint density at radius 2 is 1.96 bits per heavy atom. The zero-order valence-electron chi connectivity index (χ0n) is 15.3. The van der Waals surface area contributed by atoms with Crippen LogP contribution < -0.4 is 4.90 Å². The Kier molecular flexibility index (Phi) is 3.80. The molecule has 5 rings (SSSR count). The van der Waals surface area contributed by atoms with Crippen LogP contribution in [0.1, 0.15) is 47.2 Å². The van der Waals surface area contributed by atoms with Crippen LogP contribution in [0.3, 0.4) is 0 Å². The van der Waals surface area contributed by atoms with Crippen LogP contribution >= 0.6 is 0 Å². The van der Waals surface area contributed by atoms with Crippen molar-refractivity contribution in [2.75, 3.05) is 31.1 Å². The number of hydrogen-bond acceptors (Lipinski definition) is 6. The Morgan fingerprint density at radius 3 is 2.63 bits per heavy atom. The molecule has 9 nitrogen and oxygen atoms in total. The van der Waals surface area contributed by atoms with E-state index in [0.717, 1.165) is 48.9 Å². The smallest absolute Gasteiger partial charge is 0.274 e. The van der Waals surface area contributed by atoms with Gasteiger partial charge in [-0.25, -0.2) is 0 Å². The Balaban J connectivity index is 1.32. The molecule has 2 saturated heterocycles. The normalized spacial score (nSPS) is 18.1. The minimum Gasteiger partial charge on any atom is -0.355 e. The number of H-pyrrole nitrogens is 1. The molecular weight excluding hydrogens is 344 g/mol. The monoisotopic (exact) mass is 366 g/mol.